The Balaban J connectivity index is 1.72. The Morgan fingerprint density at radius 3 is 2.65 bits per heavy atom. The van der Waals surface area contributed by atoms with E-state index in [9.17, 15) is 4.79 Å². The van der Waals surface area contributed by atoms with Crippen LogP contribution in [0.1, 0.15) is 11.1 Å². The van der Waals surface area contributed by atoms with Gasteiger partial charge in [-0.25, -0.2) is 0 Å². The monoisotopic (exact) mass is 308 g/mol. The molecule has 23 heavy (non-hydrogen) atoms. The number of rotatable bonds is 6. The molecule has 4 heteroatoms. The van der Waals surface area contributed by atoms with Gasteiger partial charge >= 0.3 is 0 Å². The minimum absolute atomic E-state index is 0.116. The zero-order valence-corrected chi connectivity index (χ0v) is 13.1. The molecule has 0 spiro atoms. The maximum Gasteiger partial charge on any atom is 0.248 e. The van der Waals surface area contributed by atoms with Gasteiger partial charge in [0.25, 0.3) is 0 Å². The standard InChI is InChI=1S/C19H20N2O2/c1-23-17-9-7-15(16-8-10-18(22)21-19(16)17)11-12-20-13-14-5-3-2-4-6-14/h2-10,20H,11-13H2,1H3,(H,21,22). The first-order valence-electron chi connectivity index (χ1n) is 7.71. The number of H-pyrrole nitrogens is 1. The van der Waals surface area contributed by atoms with Crippen LogP contribution >= 0.6 is 0 Å². The molecule has 0 amide bonds. The van der Waals surface area contributed by atoms with E-state index in [2.05, 4.69) is 28.5 Å². The van der Waals surface area contributed by atoms with Crippen LogP contribution in [0.5, 0.6) is 5.75 Å². The molecular formula is C19H20N2O2. The summed E-state index contributed by atoms with van der Waals surface area (Å²) in [7, 11) is 1.61. The van der Waals surface area contributed by atoms with Gasteiger partial charge in [0.15, 0.2) is 0 Å². The van der Waals surface area contributed by atoms with E-state index in [0.717, 1.165) is 30.4 Å². The summed E-state index contributed by atoms with van der Waals surface area (Å²) < 4.78 is 5.34. The van der Waals surface area contributed by atoms with Crippen molar-refractivity contribution < 1.29 is 4.74 Å². The molecule has 1 aromatic heterocycles. The van der Waals surface area contributed by atoms with Crippen LogP contribution in [0.25, 0.3) is 10.9 Å². The van der Waals surface area contributed by atoms with Gasteiger partial charge in [-0.3, -0.25) is 4.79 Å². The second-order valence-corrected chi connectivity index (χ2v) is 5.45. The molecule has 3 aromatic rings. The molecule has 0 saturated carbocycles. The van der Waals surface area contributed by atoms with E-state index in [1.54, 1.807) is 13.2 Å². The molecule has 0 aliphatic rings. The van der Waals surface area contributed by atoms with Crippen LogP contribution in [0.15, 0.2) is 59.4 Å². The summed E-state index contributed by atoms with van der Waals surface area (Å²) in [6.45, 7) is 1.72. The minimum Gasteiger partial charge on any atom is -0.495 e. The molecule has 1 heterocycles. The topological polar surface area (TPSA) is 54.1 Å². The Bertz CT molecular complexity index is 841. The van der Waals surface area contributed by atoms with Gasteiger partial charge in [0.05, 0.1) is 12.6 Å². The van der Waals surface area contributed by atoms with E-state index < -0.39 is 0 Å². The normalized spacial score (nSPS) is 10.8. The number of ether oxygens (including phenoxy) is 1. The van der Waals surface area contributed by atoms with E-state index in [-0.39, 0.29) is 5.56 Å². The highest BCUT2D eigenvalue weighted by Crippen LogP contribution is 2.25. The summed E-state index contributed by atoms with van der Waals surface area (Å²) >= 11 is 0. The van der Waals surface area contributed by atoms with Crippen molar-refractivity contribution in [1.82, 2.24) is 10.3 Å². The highest BCUT2D eigenvalue weighted by Gasteiger charge is 2.07. The molecule has 4 nitrogen and oxygen atoms in total. The average molecular weight is 308 g/mol. The van der Waals surface area contributed by atoms with E-state index in [0.29, 0.717) is 5.75 Å². The van der Waals surface area contributed by atoms with Gasteiger partial charge < -0.3 is 15.0 Å². The number of nitrogens with one attached hydrogen (secondary N) is 2. The van der Waals surface area contributed by atoms with Gasteiger partial charge in [0, 0.05) is 18.0 Å². The zero-order chi connectivity index (χ0) is 16.1. The van der Waals surface area contributed by atoms with Crippen LogP contribution in [0.4, 0.5) is 0 Å². The number of hydrogen-bond donors (Lipinski definition) is 2. The third-order valence-electron chi connectivity index (χ3n) is 3.91. The fraction of sp³-hybridized carbons (Fsp3) is 0.211. The highest BCUT2D eigenvalue weighted by molar-refractivity contribution is 5.87. The average Bonchev–Trinajstić information content (AvgIpc) is 2.59. The number of aromatic nitrogens is 1. The summed E-state index contributed by atoms with van der Waals surface area (Å²) in [5.74, 6) is 0.693. The molecule has 0 atom stereocenters. The SMILES string of the molecule is COc1ccc(CCNCc2ccccc2)c2ccc(=O)[nH]c12. The van der Waals surface area contributed by atoms with Crippen molar-refractivity contribution in [3.8, 4) is 5.75 Å². The van der Waals surface area contributed by atoms with Crippen LogP contribution in [-0.4, -0.2) is 18.6 Å². The Kier molecular flexibility index (Phi) is 4.74. The van der Waals surface area contributed by atoms with Crippen molar-refractivity contribution in [1.29, 1.82) is 0 Å². The van der Waals surface area contributed by atoms with Gasteiger partial charge in [-0.05, 0) is 36.2 Å². The molecule has 0 fully saturated rings. The molecule has 0 radical (unpaired) electrons. The van der Waals surface area contributed by atoms with Crippen molar-refractivity contribution >= 4 is 10.9 Å². The van der Waals surface area contributed by atoms with Crippen LogP contribution in [-0.2, 0) is 13.0 Å². The van der Waals surface area contributed by atoms with E-state index in [1.807, 2.05) is 30.3 Å². The number of methoxy groups -OCH3 is 1. The maximum absolute atomic E-state index is 11.6. The van der Waals surface area contributed by atoms with Gasteiger partial charge in [-0.2, -0.15) is 0 Å². The summed E-state index contributed by atoms with van der Waals surface area (Å²) in [6.07, 6.45) is 0.888. The first-order chi connectivity index (χ1) is 11.3. The smallest absolute Gasteiger partial charge is 0.248 e. The molecule has 0 aliphatic carbocycles. The summed E-state index contributed by atoms with van der Waals surface area (Å²) in [5, 5.41) is 4.48. The molecule has 118 valence electrons. The van der Waals surface area contributed by atoms with E-state index >= 15 is 0 Å². The largest absolute Gasteiger partial charge is 0.495 e. The van der Waals surface area contributed by atoms with Gasteiger partial charge in [0.2, 0.25) is 5.56 Å². The summed E-state index contributed by atoms with van der Waals surface area (Å²) in [6, 6.07) is 17.7. The first kappa shape index (κ1) is 15.3. The van der Waals surface area contributed by atoms with Gasteiger partial charge in [-0.1, -0.05) is 36.4 Å². The molecule has 2 N–H and O–H groups in total. The minimum atomic E-state index is -0.116. The lowest BCUT2D eigenvalue weighted by atomic mass is 10.0. The molecular weight excluding hydrogens is 288 g/mol. The lowest BCUT2D eigenvalue weighted by Crippen LogP contribution is -2.17. The second-order valence-electron chi connectivity index (χ2n) is 5.45. The van der Waals surface area contributed by atoms with Crippen LogP contribution in [0.3, 0.4) is 0 Å². The molecule has 3 rings (SSSR count). The Morgan fingerprint density at radius 2 is 1.87 bits per heavy atom. The number of fused-ring (bicyclic) bond motifs is 1. The number of hydrogen-bond acceptors (Lipinski definition) is 3. The van der Waals surface area contributed by atoms with E-state index in [1.165, 1.54) is 11.1 Å². The maximum atomic E-state index is 11.6. The van der Waals surface area contributed by atoms with Crippen LogP contribution < -0.4 is 15.6 Å². The fourth-order valence-electron chi connectivity index (χ4n) is 2.73. The quantitative estimate of drug-likeness (QED) is 0.689. The molecule has 0 bridgehead atoms. The predicted octanol–water partition coefficient (Wildman–Crippen LogP) is 2.87. The molecule has 0 unspecified atom stereocenters. The Hall–Kier alpha value is -2.59. The van der Waals surface area contributed by atoms with Crippen LogP contribution in [0, 0.1) is 0 Å². The van der Waals surface area contributed by atoms with Crippen molar-refractivity contribution in [3.63, 3.8) is 0 Å². The van der Waals surface area contributed by atoms with Gasteiger partial charge in [0.1, 0.15) is 5.75 Å². The molecule has 2 aromatic carbocycles. The summed E-state index contributed by atoms with van der Waals surface area (Å²) in [4.78, 5) is 14.4. The lowest BCUT2D eigenvalue weighted by Gasteiger charge is -2.11. The van der Waals surface area contributed by atoms with Crippen molar-refractivity contribution in [3.05, 3.63) is 76.1 Å². The Labute approximate surface area is 135 Å². The van der Waals surface area contributed by atoms with Crippen molar-refractivity contribution in [2.75, 3.05) is 13.7 Å². The fourth-order valence-corrected chi connectivity index (χ4v) is 2.73. The van der Waals surface area contributed by atoms with Crippen molar-refractivity contribution in [2.24, 2.45) is 0 Å². The summed E-state index contributed by atoms with van der Waals surface area (Å²) in [5.41, 5.74) is 3.12. The first-order valence-corrected chi connectivity index (χ1v) is 7.71. The van der Waals surface area contributed by atoms with Gasteiger partial charge in [-0.15, -0.1) is 0 Å². The zero-order valence-electron chi connectivity index (χ0n) is 13.1. The third-order valence-corrected chi connectivity index (χ3v) is 3.91. The lowest BCUT2D eigenvalue weighted by molar-refractivity contribution is 0.418. The third kappa shape index (κ3) is 3.60. The van der Waals surface area contributed by atoms with Crippen LogP contribution in [0.2, 0.25) is 0 Å². The van der Waals surface area contributed by atoms with E-state index in [4.69, 9.17) is 4.74 Å². The number of pyridine rings is 1. The Morgan fingerprint density at radius 1 is 1.04 bits per heavy atom. The molecule has 0 aliphatic heterocycles. The van der Waals surface area contributed by atoms with Crippen molar-refractivity contribution in [2.45, 2.75) is 13.0 Å². The number of benzene rings is 2. The predicted molar refractivity (Wildman–Crippen MR) is 93.0 cm³/mol. The number of aromatic amines is 1. The molecule has 0 saturated heterocycles. The highest BCUT2D eigenvalue weighted by atomic mass is 16.5. The second kappa shape index (κ2) is 7.11.